The van der Waals surface area contributed by atoms with Crippen molar-refractivity contribution in [3.63, 3.8) is 0 Å². The lowest BCUT2D eigenvalue weighted by atomic mass is 9.93. The SMILES string of the molecule is COc1ccc(C(=O)N2CCC(Oc3cccc4c(C5CCC(=O)NC5=O)nn(C)c34)CC2)nc1. The first-order valence-electron chi connectivity index (χ1n) is 11.7. The Hall–Kier alpha value is -3.95. The van der Waals surface area contributed by atoms with Crippen LogP contribution >= 0.6 is 0 Å². The number of likely N-dealkylation sites (tertiary alicyclic amines) is 1. The zero-order valence-corrected chi connectivity index (χ0v) is 19.7. The highest BCUT2D eigenvalue weighted by atomic mass is 16.5. The molecule has 35 heavy (non-hydrogen) atoms. The van der Waals surface area contributed by atoms with Crippen molar-refractivity contribution in [3.8, 4) is 11.5 Å². The molecule has 2 aliphatic heterocycles. The minimum absolute atomic E-state index is 0.0533. The maximum absolute atomic E-state index is 12.8. The second kappa shape index (κ2) is 9.36. The third-order valence-corrected chi connectivity index (χ3v) is 6.64. The molecular formula is C25H27N5O5. The molecule has 1 atom stereocenters. The molecule has 2 saturated heterocycles. The first-order valence-corrected chi connectivity index (χ1v) is 11.7. The number of methoxy groups -OCH3 is 1. The lowest BCUT2D eigenvalue weighted by Crippen LogP contribution is -2.42. The summed E-state index contributed by atoms with van der Waals surface area (Å²) in [5.41, 5.74) is 1.87. The molecule has 0 spiro atoms. The third kappa shape index (κ3) is 4.43. The summed E-state index contributed by atoms with van der Waals surface area (Å²) in [6.45, 7) is 1.14. The average Bonchev–Trinajstić information content (AvgIpc) is 3.21. The van der Waals surface area contributed by atoms with Crippen LogP contribution in [0.2, 0.25) is 0 Å². The molecule has 4 heterocycles. The van der Waals surface area contributed by atoms with Gasteiger partial charge in [-0.15, -0.1) is 0 Å². The van der Waals surface area contributed by atoms with Crippen LogP contribution in [-0.4, -0.2) is 63.7 Å². The lowest BCUT2D eigenvalue weighted by molar-refractivity contribution is -0.134. The second-order valence-electron chi connectivity index (χ2n) is 8.86. The van der Waals surface area contributed by atoms with Crippen LogP contribution in [0.25, 0.3) is 10.9 Å². The molecule has 1 aromatic carbocycles. The maximum Gasteiger partial charge on any atom is 0.272 e. The van der Waals surface area contributed by atoms with Gasteiger partial charge in [-0.05, 0) is 24.6 Å². The molecule has 10 nitrogen and oxygen atoms in total. The molecule has 2 fully saturated rings. The number of para-hydroxylation sites is 1. The van der Waals surface area contributed by atoms with Gasteiger partial charge >= 0.3 is 0 Å². The van der Waals surface area contributed by atoms with Gasteiger partial charge in [0.05, 0.1) is 24.9 Å². The van der Waals surface area contributed by atoms with Crippen molar-refractivity contribution in [2.45, 2.75) is 37.7 Å². The molecule has 1 unspecified atom stereocenters. The van der Waals surface area contributed by atoms with Crippen LogP contribution in [0.15, 0.2) is 36.5 Å². The Morgan fingerprint density at radius 1 is 1.11 bits per heavy atom. The highest BCUT2D eigenvalue weighted by Crippen LogP contribution is 2.35. The van der Waals surface area contributed by atoms with Gasteiger partial charge in [0, 0.05) is 44.8 Å². The Kier molecular flexibility index (Phi) is 6.10. The smallest absolute Gasteiger partial charge is 0.272 e. The van der Waals surface area contributed by atoms with E-state index in [1.807, 2.05) is 25.2 Å². The van der Waals surface area contributed by atoms with E-state index in [0.29, 0.717) is 61.7 Å². The van der Waals surface area contributed by atoms with Gasteiger partial charge in [0.2, 0.25) is 11.8 Å². The van der Waals surface area contributed by atoms with Crippen molar-refractivity contribution >= 4 is 28.6 Å². The Morgan fingerprint density at radius 3 is 2.60 bits per heavy atom. The van der Waals surface area contributed by atoms with Crippen molar-refractivity contribution in [1.82, 2.24) is 25.0 Å². The van der Waals surface area contributed by atoms with Crippen molar-refractivity contribution in [1.29, 1.82) is 0 Å². The fraction of sp³-hybridized carbons (Fsp3) is 0.400. The molecule has 0 aliphatic carbocycles. The van der Waals surface area contributed by atoms with Gasteiger partial charge in [-0.25, -0.2) is 4.98 Å². The maximum atomic E-state index is 12.8. The number of aryl methyl sites for hydroxylation is 1. The summed E-state index contributed by atoms with van der Waals surface area (Å²) in [7, 11) is 3.39. The number of pyridine rings is 1. The van der Waals surface area contributed by atoms with Gasteiger partial charge in [0.25, 0.3) is 5.91 Å². The van der Waals surface area contributed by atoms with Crippen LogP contribution in [0, 0.1) is 0 Å². The third-order valence-electron chi connectivity index (χ3n) is 6.64. The van der Waals surface area contributed by atoms with Crippen LogP contribution < -0.4 is 14.8 Å². The first kappa shape index (κ1) is 22.8. The van der Waals surface area contributed by atoms with E-state index >= 15 is 0 Å². The van der Waals surface area contributed by atoms with Gasteiger partial charge in [0.1, 0.15) is 28.8 Å². The molecule has 0 saturated carbocycles. The zero-order chi connectivity index (χ0) is 24.5. The van der Waals surface area contributed by atoms with Crippen LogP contribution in [0.5, 0.6) is 11.5 Å². The number of rotatable bonds is 5. The molecule has 3 aromatic rings. The highest BCUT2D eigenvalue weighted by Gasteiger charge is 2.32. The number of hydrogen-bond acceptors (Lipinski definition) is 7. The number of piperidine rings is 2. The molecule has 182 valence electrons. The summed E-state index contributed by atoms with van der Waals surface area (Å²) in [5.74, 6) is 0.177. The fourth-order valence-electron chi connectivity index (χ4n) is 4.78. The lowest BCUT2D eigenvalue weighted by Gasteiger charge is -2.32. The summed E-state index contributed by atoms with van der Waals surface area (Å²) in [6.07, 6.45) is 3.61. The van der Waals surface area contributed by atoms with Crippen molar-refractivity contribution in [2.75, 3.05) is 20.2 Å². The van der Waals surface area contributed by atoms with E-state index in [9.17, 15) is 14.4 Å². The number of imide groups is 1. The summed E-state index contributed by atoms with van der Waals surface area (Å²) in [6, 6.07) is 9.12. The summed E-state index contributed by atoms with van der Waals surface area (Å²) in [5, 5.41) is 7.88. The molecule has 3 amide bonds. The van der Waals surface area contributed by atoms with Gasteiger partial charge in [-0.1, -0.05) is 12.1 Å². The molecular weight excluding hydrogens is 450 g/mol. The van der Waals surface area contributed by atoms with Crippen LogP contribution in [0.3, 0.4) is 0 Å². The Morgan fingerprint density at radius 2 is 1.91 bits per heavy atom. The van der Waals surface area contributed by atoms with E-state index in [-0.39, 0.29) is 23.8 Å². The number of amides is 3. The number of benzene rings is 1. The number of carbonyl (C=O) groups excluding carboxylic acids is 3. The fourth-order valence-corrected chi connectivity index (χ4v) is 4.78. The van der Waals surface area contributed by atoms with E-state index in [1.165, 1.54) is 0 Å². The first-order chi connectivity index (χ1) is 16.9. The van der Waals surface area contributed by atoms with E-state index < -0.39 is 5.92 Å². The number of nitrogens with zero attached hydrogens (tertiary/aromatic N) is 4. The van der Waals surface area contributed by atoms with E-state index in [0.717, 1.165) is 10.9 Å². The Balaban J connectivity index is 1.28. The topological polar surface area (TPSA) is 116 Å². The molecule has 10 heteroatoms. The van der Waals surface area contributed by atoms with Crippen LogP contribution in [0.1, 0.15) is 47.8 Å². The van der Waals surface area contributed by atoms with Gasteiger partial charge in [0.15, 0.2) is 0 Å². The van der Waals surface area contributed by atoms with Gasteiger partial charge in [-0.3, -0.25) is 24.4 Å². The summed E-state index contributed by atoms with van der Waals surface area (Å²) in [4.78, 5) is 42.8. The highest BCUT2D eigenvalue weighted by molar-refractivity contribution is 6.03. The van der Waals surface area contributed by atoms with Gasteiger partial charge in [-0.2, -0.15) is 5.10 Å². The summed E-state index contributed by atoms with van der Waals surface area (Å²) >= 11 is 0. The molecule has 0 radical (unpaired) electrons. The number of carbonyl (C=O) groups is 3. The second-order valence-corrected chi connectivity index (χ2v) is 8.86. The zero-order valence-electron chi connectivity index (χ0n) is 19.7. The minimum atomic E-state index is -0.465. The van der Waals surface area contributed by atoms with E-state index in [1.54, 1.807) is 35.0 Å². The molecule has 2 aliphatic rings. The molecule has 1 N–H and O–H groups in total. The number of hydrogen-bond donors (Lipinski definition) is 1. The number of ether oxygens (including phenoxy) is 2. The monoisotopic (exact) mass is 477 g/mol. The predicted molar refractivity (Wildman–Crippen MR) is 126 cm³/mol. The molecule has 2 aromatic heterocycles. The largest absolute Gasteiger partial charge is 0.495 e. The van der Waals surface area contributed by atoms with Crippen molar-refractivity contribution in [3.05, 3.63) is 47.9 Å². The predicted octanol–water partition coefficient (Wildman–Crippen LogP) is 2.18. The Labute approximate surface area is 202 Å². The number of aromatic nitrogens is 3. The normalized spacial score (nSPS) is 19.0. The van der Waals surface area contributed by atoms with Crippen molar-refractivity contribution in [2.24, 2.45) is 7.05 Å². The van der Waals surface area contributed by atoms with Gasteiger partial charge < -0.3 is 14.4 Å². The molecule has 5 rings (SSSR count). The standard InChI is InChI=1S/C25H27N5O5/c1-29-23-17(22(28-29)18-7-9-21(31)27-24(18)32)4-3-5-20(23)35-15-10-12-30(13-11-15)25(33)19-8-6-16(34-2)14-26-19/h3-6,8,14-15,18H,7,9-13H2,1-2H3,(H,27,31,32). The minimum Gasteiger partial charge on any atom is -0.495 e. The van der Waals surface area contributed by atoms with E-state index in [2.05, 4.69) is 15.4 Å². The molecule has 0 bridgehead atoms. The van der Waals surface area contributed by atoms with Crippen LogP contribution in [-0.2, 0) is 16.6 Å². The number of fused-ring (bicyclic) bond motifs is 1. The quantitative estimate of drug-likeness (QED) is 0.560. The average molecular weight is 478 g/mol. The summed E-state index contributed by atoms with van der Waals surface area (Å²) < 4.78 is 13.2. The number of nitrogens with one attached hydrogen (secondary N) is 1. The van der Waals surface area contributed by atoms with E-state index in [4.69, 9.17) is 9.47 Å². The Bertz CT molecular complexity index is 1280. The van der Waals surface area contributed by atoms with Crippen LogP contribution in [0.4, 0.5) is 0 Å². The van der Waals surface area contributed by atoms with Crippen molar-refractivity contribution < 1.29 is 23.9 Å².